The molecule has 0 radical (unpaired) electrons. The molecular formula is C25H22N4O. The first-order chi connectivity index (χ1) is 14.4. The fraction of sp³-hybridized carbons (Fsp3) is 0.160. The number of aryl methyl sites for hydroxylation is 3. The van der Waals surface area contributed by atoms with Gasteiger partial charge in [-0.1, -0.05) is 0 Å². The second-order valence-corrected chi connectivity index (χ2v) is 7.83. The van der Waals surface area contributed by atoms with E-state index in [9.17, 15) is 4.79 Å². The van der Waals surface area contributed by atoms with Gasteiger partial charge in [-0.3, -0.25) is 4.79 Å². The van der Waals surface area contributed by atoms with Crippen molar-refractivity contribution in [2.75, 3.05) is 0 Å². The van der Waals surface area contributed by atoms with Crippen molar-refractivity contribution in [3.63, 3.8) is 0 Å². The van der Waals surface area contributed by atoms with Crippen LogP contribution in [0.15, 0.2) is 30.3 Å². The van der Waals surface area contributed by atoms with Gasteiger partial charge in [0.1, 0.15) is 0 Å². The second kappa shape index (κ2) is 6.66. The molecule has 3 aromatic rings. The molecule has 30 heavy (non-hydrogen) atoms. The highest BCUT2D eigenvalue weighted by Crippen LogP contribution is 2.29. The summed E-state index contributed by atoms with van der Waals surface area (Å²) in [5, 5.41) is 0. The molecule has 0 saturated heterocycles. The van der Waals surface area contributed by atoms with Crippen molar-refractivity contribution in [1.29, 1.82) is 0 Å². The Morgan fingerprint density at radius 2 is 1.47 bits per heavy atom. The van der Waals surface area contributed by atoms with Crippen molar-refractivity contribution in [2.45, 2.75) is 20.8 Å². The number of H-pyrrole nitrogens is 1. The number of hydrogen-bond donors (Lipinski definition) is 1. The molecule has 0 saturated carbocycles. The second-order valence-electron chi connectivity index (χ2n) is 7.83. The normalized spacial score (nSPS) is 12.5. The molecule has 0 fully saturated rings. The summed E-state index contributed by atoms with van der Waals surface area (Å²) in [5.41, 5.74) is 10.1. The van der Waals surface area contributed by atoms with Gasteiger partial charge in [0.05, 0.1) is 28.3 Å². The molecule has 1 N–H and O–H groups in total. The third-order valence-electron chi connectivity index (χ3n) is 5.74. The monoisotopic (exact) mass is 394 g/mol. The number of hydrogen-bond acceptors (Lipinski definition) is 3. The van der Waals surface area contributed by atoms with Gasteiger partial charge in [0.15, 0.2) is 5.78 Å². The Hall–Kier alpha value is -3.73. The topological polar surface area (TPSA) is 63.6 Å². The maximum atomic E-state index is 12.5. The summed E-state index contributed by atoms with van der Waals surface area (Å²) < 4.78 is 2.08. The van der Waals surface area contributed by atoms with Crippen molar-refractivity contribution in [1.82, 2.24) is 19.5 Å². The fourth-order valence-corrected chi connectivity index (χ4v) is 4.40. The quantitative estimate of drug-likeness (QED) is 0.383. The molecule has 3 aromatic heterocycles. The standard InChI is InChI=1S/C25H22N4O/c1-14-22-10-9-20(28-22)12-19-6-5-17(26-19)11-18-7-8-21(27-18)13-23-24(16(3)30)15(2)25(14)29(23)4/h5-13,26H,1-4H3. The van der Waals surface area contributed by atoms with Gasteiger partial charge in [0.25, 0.3) is 0 Å². The van der Waals surface area contributed by atoms with Gasteiger partial charge in [-0.25, -0.2) is 9.97 Å². The highest BCUT2D eigenvalue weighted by Gasteiger charge is 2.18. The lowest BCUT2D eigenvalue weighted by Gasteiger charge is -2.02. The molecule has 0 amide bonds. The molecule has 0 unspecified atom stereocenters. The van der Waals surface area contributed by atoms with Crippen LogP contribution >= 0.6 is 0 Å². The lowest BCUT2D eigenvalue weighted by atomic mass is 10.1. The fourth-order valence-electron chi connectivity index (χ4n) is 4.40. The molecule has 5 heteroatoms. The minimum Gasteiger partial charge on any atom is -0.355 e. The Kier molecular flexibility index (Phi) is 4.07. The lowest BCUT2D eigenvalue weighted by molar-refractivity contribution is 0.101. The van der Waals surface area contributed by atoms with E-state index in [1.165, 1.54) is 0 Å². The number of nitrogens with zero attached hydrogens (tertiary/aromatic N) is 3. The minimum atomic E-state index is 0.0488. The van der Waals surface area contributed by atoms with E-state index in [0.29, 0.717) is 0 Å². The molecular weight excluding hydrogens is 372 g/mol. The highest BCUT2D eigenvalue weighted by atomic mass is 16.1. The summed E-state index contributed by atoms with van der Waals surface area (Å²) in [4.78, 5) is 25.5. The molecule has 0 spiro atoms. The van der Waals surface area contributed by atoms with Crippen LogP contribution in [0.1, 0.15) is 51.2 Å². The van der Waals surface area contributed by atoms with Gasteiger partial charge in [0.2, 0.25) is 0 Å². The number of aromatic nitrogens is 4. The largest absolute Gasteiger partial charge is 0.355 e. The summed E-state index contributed by atoms with van der Waals surface area (Å²) in [7, 11) is 2.00. The summed E-state index contributed by atoms with van der Waals surface area (Å²) >= 11 is 0. The number of aromatic amines is 1. The summed E-state index contributed by atoms with van der Waals surface area (Å²) in [6, 6.07) is 10.1. The van der Waals surface area contributed by atoms with Crippen LogP contribution < -0.4 is 0 Å². The first-order valence-corrected chi connectivity index (χ1v) is 9.96. The summed E-state index contributed by atoms with van der Waals surface area (Å²) in [6.07, 6.45) is 8.01. The van der Waals surface area contributed by atoms with Gasteiger partial charge in [-0.2, -0.15) is 0 Å². The Morgan fingerprint density at radius 3 is 2.13 bits per heavy atom. The van der Waals surface area contributed by atoms with E-state index in [-0.39, 0.29) is 5.78 Å². The van der Waals surface area contributed by atoms with Crippen molar-refractivity contribution in [2.24, 2.45) is 7.05 Å². The molecule has 0 aliphatic carbocycles. The Bertz CT molecular complexity index is 1450. The molecule has 0 aromatic carbocycles. The van der Waals surface area contributed by atoms with Crippen LogP contribution in [-0.4, -0.2) is 25.3 Å². The average Bonchev–Trinajstić information content (AvgIpc) is 3.45. The maximum absolute atomic E-state index is 12.5. The van der Waals surface area contributed by atoms with E-state index >= 15 is 0 Å². The Labute approximate surface area is 174 Å². The Morgan fingerprint density at radius 1 is 0.867 bits per heavy atom. The number of Topliss-reactive ketones (excluding diaryl/α,β-unsaturated/α-hetero) is 1. The van der Waals surface area contributed by atoms with Crippen molar-refractivity contribution in [3.05, 3.63) is 69.8 Å². The number of rotatable bonds is 1. The first-order valence-electron chi connectivity index (χ1n) is 9.96. The van der Waals surface area contributed by atoms with Gasteiger partial charge < -0.3 is 9.55 Å². The van der Waals surface area contributed by atoms with Crippen LogP contribution in [0.2, 0.25) is 0 Å². The van der Waals surface area contributed by atoms with Crippen LogP contribution in [0.5, 0.6) is 0 Å². The van der Waals surface area contributed by atoms with E-state index in [1.54, 1.807) is 6.92 Å². The SMILES string of the molecule is CC(=O)c1c(C)c2c(C)c3nc(cc4ccc(cc5nc(cc1n2C)C=C5)[nH]4)C=C3. The maximum Gasteiger partial charge on any atom is 0.162 e. The summed E-state index contributed by atoms with van der Waals surface area (Å²) in [6.45, 7) is 5.69. The number of carbonyl (C=O) groups is 1. The average molecular weight is 394 g/mol. The van der Waals surface area contributed by atoms with Crippen LogP contribution in [0.3, 0.4) is 0 Å². The zero-order valence-electron chi connectivity index (χ0n) is 17.4. The van der Waals surface area contributed by atoms with E-state index < -0.39 is 0 Å². The smallest absolute Gasteiger partial charge is 0.162 e. The highest BCUT2D eigenvalue weighted by molar-refractivity contribution is 6.06. The van der Waals surface area contributed by atoms with Crippen LogP contribution in [0.4, 0.5) is 0 Å². The van der Waals surface area contributed by atoms with E-state index in [2.05, 4.69) is 16.5 Å². The van der Waals surface area contributed by atoms with E-state index in [0.717, 1.165) is 61.5 Å². The third kappa shape index (κ3) is 2.90. The lowest BCUT2D eigenvalue weighted by Crippen LogP contribution is -1.94. The molecule has 0 atom stereocenters. The number of ketones is 1. The van der Waals surface area contributed by atoms with Crippen molar-refractivity contribution >= 4 is 52.2 Å². The van der Waals surface area contributed by atoms with Gasteiger partial charge >= 0.3 is 0 Å². The molecule has 5 nitrogen and oxygen atoms in total. The summed E-state index contributed by atoms with van der Waals surface area (Å²) in [5.74, 6) is 0.0488. The number of carbonyl (C=O) groups excluding carboxylic acids is 1. The molecule has 8 bridgehead atoms. The Balaban J connectivity index is 1.99. The predicted molar refractivity (Wildman–Crippen MR) is 123 cm³/mol. The zero-order valence-corrected chi connectivity index (χ0v) is 17.4. The van der Waals surface area contributed by atoms with Gasteiger partial charge in [-0.15, -0.1) is 0 Å². The first kappa shape index (κ1) is 18.3. The van der Waals surface area contributed by atoms with Gasteiger partial charge in [-0.05, 0) is 86.5 Å². The number of fused-ring (bicyclic) bond motifs is 8. The molecule has 5 heterocycles. The van der Waals surface area contributed by atoms with Crippen molar-refractivity contribution in [3.8, 4) is 0 Å². The predicted octanol–water partition coefficient (Wildman–Crippen LogP) is 5.49. The van der Waals surface area contributed by atoms with E-state index in [1.807, 2.05) is 68.6 Å². The molecule has 2 aliphatic rings. The van der Waals surface area contributed by atoms with Gasteiger partial charge in [0, 0.05) is 29.2 Å². The van der Waals surface area contributed by atoms with E-state index in [4.69, 9.17) is 9.97 Å². The third-order valence-corrected chi connectivity index (χ3v) is 5.74. The molecule has 2 aliphatic heterocycles. The van der Waals surface area contributed by atoms with Crippen molar-refractivity contribution < 1.29 is 4.79 Å². The zero-order chi connectivity index (χ0) is 21.0. The minimum absolute atomic E-state index is 0.0488. The molecule has 148 valence electrons. The van der Waals surface area contributed by atoms with Crippen LogP contribution in [0, 0.1) is 13.8 Å². The molecule has 5 rings (SSSR count). The number of nitrogens with one attached hydrogen (secondary N) is 1. The van der Waals surface area contributed by atoms with Crippen LogP contribution in [0.25, 0.3) is 46.4 Å². The van der Waals surface area contributed by atoms with Crippen LogP contribution in [-0.2, 0) is 7.05 Å².